The molecular formula is C17H23N3O2S. The SMILES string of the molecule is CSc1ccccc1NC(=O)C1CCN(C(=O)NC2CC2)CC1. The number of rotatable bonds is 4. The lowest BCUT2D eigenvalue weighted by atomic mass is 9.96. The van der Waals surface area contributed by atoms with Gasteiger partial charge in [0.2, 0.25) is 5.91 Å². The third-order valence-electron chi connectivity index (χ3n) is 4.42. The van der Waals surface area contributed by atoms with Crippen LogP contribution in [0.4, 0.5) is 10.5 Å². The summed E-state index contributed by atoms with van der Waals surface area (Å²) in [6, 6.07) is 8.25. The van der Waals surface area contributed by atoms with Crippen molar-refractivity contribution in [1.29, 1.82) is 0 Å². The average molecular weight is 333 g/mol. The Morgan fingerprint density at radius 3 is 2.48 bits per heavy atom. The molecule has 3 amide bonds. The minimum absolute atomic E-state index is 0.0186. The molecule has 3 rings (SSSR count). The summed E-state index contributed by atoms with van der Waals surface area (Å²) >= 11 is 1.62. The molecular weight excluding hydrogens is 310 g/mol. The lowest BCUT2D eigenvalue weighted by Crippen LogP contribution is -2.46. The molecule has 23 heavy (non-hydrogen) atoms. The van der Waals surface area contributed by atoms with Gasteiger partial charge in [0.1, 0.15) is 0 Å². The van der Waals surface area contributed by atoms with Gasteiger partial charge in [-0.3, -0.25) is 4.79 Å². The van der Waals surface area contributed by atoms with Gasteiger partial charge in [0.05, 0.1) is 5.69 Å². The Morgan fingerprint density at radius 2 is 1.83 bits per heavy atom. The van der Waals surface area contributed by atoms with Crippen molar-refractivity contribution < 1.29 is 9.59 Å². The second-order valence-electron chi connectivity index (χ2n) is 6.17. The molecule has 1 saturated carbocycles. The van der Waals surface area contributed by atoms with Crippen LogP contribution in [-0.4, -0.2) is 42.2 Å². The van der Waals surface area contributed by atoms with E-state index in [9.17, 15) is 9.59 Å². The average Bonchev–Trinajstić information content (AvgIpc) is 3.39. The van der Waals surface area contributed by atoms with E-state index < -0.39 is 0 Å². The van der Waals surface area contributed by atoms with Crippen molar-refractivity contribution in [3.63, 3.8) is 0 Å². The molecule has 1 aliphatic heterocycles. The van der Waals surface area contributed by atoms with E-state index in [1.54, 1.807) is 11.8 Å². The largest absolute Gasteiger partial charge is 0.335 e. The molecule has 0 unspecified atom stereocenters. The van der Waals surface area contributed by atoms with Gasteiger partial charge in [0.25, 0.3) is 0 Å². The predicted molar refractivity (Wildman–Crippen MR) is 92.7 cm³/mol. The maximum absolute atomic E-state index is 12.5. The van der Waals surface area contributed by atoms with Crippen LogP contribution in [0.1, 0.15) is 25.7 Å². The molecule has 1 aromatic carbocycles. The number of benzene rings is 1. The molecule has 6 heteroatoms. The lowest BCUT2D eigenvalue weighted by molar-refractivity contribution is -0.121. The first-order chi connectivity index (χ1) is 11.2. The van der Waals surface area contributed by atoms with Crippen LogP contribution in [0.3, 0.4) is 0 Å². The van der Waals surface area contributed by atoms with Crippen LogP contribution in [-0.2, 0) is 4.79 Å². The van der Waals surface area contributed by atoms with Crippen LogP contribution in [0, 0.1) is 5.92 Å². The first-order valence-corrected chi connectivity index (χ1v) is 9.39. The number of carbonyl (C=O) groups is 2. The fraction of sp³-hybridized carbons (Fsp3) is 0.529. The van der Waals surface area contributed by atoms with Crippen molar-refractivity contribution in [3.05, 3.63) is 24.3 Å². The normalized spacial score (nSPS) is 18.6. The number of nitrogens with zero attached hydrogens (tertiary/aromatic N) is 1. The van der Waals surface area contributed by atoms with Gasteiger partial charge in [0.15, 0.2) is 0 Å². The van der Waals surface area contributed by atoms with Gasteiger partial charge in [-0.1, -0.05) is 12.1 Å². The van der Waals surface area contributed by atoms with Gasteiger partial charge in [-0.05, 0) is 44.1 Å². The summed E-state index contributed by atoms with van der Waals surface area (Å²) in [5.41, 5.74) is 0.874. The molecule has 0 bridgehead atoms. The number of thioether (sulfide) groups is 1. The number of urea groups is 1. The first-order valence-electron chi connectivity index (χ1n) is 8.16. The second-order valence-corrected chi connectivity index (χ2v) is 7.02. The maximum Gasteiger partial charge on any atom is 0.317 e. The fourth-order valence-corrected chi connectivity index (χ4v) is 3.37. The zero-order valence-corrected chi connectivity index (χ0v) is 14.2. The molecule has 2 aliphatic rings. The highest BCUT2D eigenvalue weighted by Gasteiger charge is 2.30. The minimum atomic E-state index is -0.0186. The van der Waals surface area contributed by atoms with E-state index in [-0.39, 0.29) is 17.9 Å². The smallest absolute Gasteiger partial charge is 0.317 e. The standard InChI is InChI=1S/C17H23N3O2S/c1-23-15-5-3-2-4-14(15)19-16(21)12-8-10-20(11-9-12)17(22)18-13-6-7-13/h2-5,12-13H,6-11H2,1H3,(H,18,22)(H,19,21). The molecule has 0 aromatic heterocycles. The van der Waals surface area contributed by atoms with Gasteiger partial charge in [0, 0.05) is 29.9 Å². The Balaban J connectivity index is 1.50. The van der Waals surface area contributed by atoms with Gasteiger partial charge in [-0.15, -0.1) is 11.8 Å². The Labute approximate surface area is 141 Å². The monoisotopic (exact) mass is 333 g/mol. The first kappa shape index (κ1) is 16.2. The summed E-state index contributed by atoms with van der Waals surface area (Å²) in [4.78, 5) is 27.4. The Morgan fingerprint density at radius 1 is 1.13 bits per heavy atom. The van der Waals surface area contributed by atoms with Crippen molar-refractivity contribution in [3.8, 4) is 0 Å². The van der Waals surface area contributed by atoms with E-state index in [0.717, 1.165) is 36.3 Å². The van der Waals surface area contributed by atoms with Crippen molar-refractivity contribution in [2.45, 2.75) is 36.6 Å². The molecule has 1 aliphatic carbocycles. The van der Waals surface area contributed by atoms with Crippen LogP contribution in [0.5, 0.6) is 0 Å². The van der Waals surface area contributed by atoms with E-state index in [2.05, 4.69) is 10.6 Å². The molecule has 124 valence electrons. The highest BCUT2D eigenvalue weighted by atomic mass is 32.2. The molecule has 0 radical (unpaired) electrons. The molecule has 1 heterocycles. The predicted octanol–water partition coefficient (Wildman–Crippen LogP) is 2.93. The van der Waals surface area contributed by atoms with Gasteiger partial charge < -0.3 is 15.5 Å². The number of nitrogens with one attached hydrogen (secondary N) is 2. The van der Waals surface area contributed by atoms with Crippen LogP contribution < -0.4 is 10.6 Å². The number of hydrogen-bond donors (Lipinski definition) is 2. The second kappa shape index (κ2) is 7.25. The van der Waals surface area contributed by atoms with Crippen LogP contribution in [0.2, 0.25) is 0 Å². The van der Waals surface area contributed by atoms with Gasteiger partial charge in [-0.25, -0.2) is 4.79 Å². The van der Waals surface area contributed by atoms with E-state index in [1.165, 1.54) is 0 Å². The Kier molecular flexibility index (Phi) is 5.10. The third-order valence-corrected chi connectivity index (χ3v) is 5.22. The van der Waals surface area contributed by atoms with Crippen molar-refractivity contribution in [2.75, 3.05) is 24.7 Å². The number of carbonyl (C=O) groups excluding carboxylic acids is 2. The summed E-state index contributed by atoms with van der Waals surface area (Å²) in [6.07, 6.45) is 5.65. The lowest BCUT2D eigenvalue weighted by Gasteiger charge is -2.31. The Hall–Kier alpha value is -1.69. The number of anilines is 1. The Bertz CT molecular complexity index is 581. The zero-order valence-electron chi connectivity index (χ0n) is 13.4. The van der Waals surface area contributed by atoms with E-state index in [1.807, 2.05) is 35.4 Å². The number of hydrogen-bond acceptors (Lipinski definition) is 3. The fourth-order valence-electron chi connectivity index (χ4n) is 2.82. The molecule has 0 atom stereocenters. The highest BCUT2D eigenvalue weighted by molar-refractivity contribution is 7.98. The maximum atomic E-state index is 12.5. The van der Waals surface area contributed by atoms with Crippen LogP contribution in [0.25, 0.3) is 0 Å². The number of piperidine rings is 1. The van der Waals surface area contributed by atoms with E-state index in [0.29, 0.717) is 19.1 Å². The molecule has 1 aromatic rings. The quantitative estimate of drug-likeness (QED) is 0.833. The zero-order chi connectivity index (χ0) is 16.2. The molecule has 2 fully saturated rings. The summed E-state index contributed by atoms with van der Waals surface area (Å²) in [6.45, 7) is 1.31. The summed E-state index contributed by atoms with van der Waals surface area (Å²) in [5.74, 6) is 0.0450. The minimum Gasteiger partial charge on any atom is -0.335 e. The number of likely N-dealkylation sites (tertiary alicyclic amines) is 1. The molecule has 1 saturated heterocycles. The summed E-state index contributed by atoms with van der Waals surface area (Å²) < 4.78 is 0. The topological polar surface area (TPSA) is 61.4 Å². The van der Waals surface area contributed by atoms with Crippen molar-refractivity contribution in [2.24, 2.45) is 5.92 Å². The third kappa shape index (κ3) is 4.19. The van der Waals surface area contributed by atoms with Crippen molar-refractivity contribution >= 4 is 29.4 Å². The molecule has 5 nitrogen and oxygen atoms in total. The highest BCUT2D eigenvalue weighted by Crippen LogP contribution is 2.27. The molecule has 2 N–H and O–H groups in total. The van der Waals surface area contributed by atoms with E-state index >= 15 is 0 Å². The summed E-state index contributed by atoms with van der Waals surface area (Å²) in [5, 5.41) is 6.04. The van der Waals surface area contributed by atoms with Crippen molar-refractivity contribution in [1.82, 2.24) is 10.2 Å². The van der Waals surface area contributed by atoms with E-state index in [4.69, 9.17) is 0 Å². The summed E-state index contributed by atoms with van der Waals surface area (Å²) in [7, 11) is 0. The van der Waals surface area contributed by atoms with Crippen LogP contribution in [0.15, 0.2) is 29.2 Å². The number of para-hydroxylation sites is 1. The molecule has 0 spiro atoms. The van der Waals surface area contributed by atoms with Gasteiger partial charge in [-0.2, -0.15) is 0 Å². The van der Waals surface area contributed by atoms with Crippen LogP contribution >= 0.6 is 11.8 Å². The van der Waals surface area contributed by atoms with Gasteiger partial charge >= 0.3 is 6.03 Å². The number of amides is 3.